The van der Waals surface area contributed by atoms with Crippen LogP contribution < -0.4 is 5.32 Å². The topological polar surface area (TPSA) is 50.1 Å². The molecule has 4 nitrogen and oxygen atoms in total. The van der Waals surface area contributed by atoms with Gasteiger partial charge < -0.3 is 10.4 Å². The van der Waals surface area contributed by atoms with Crippen molar-refractivity contribution in [3.63, 3.8) is 0 Å². The number of nitrogens with zero attached hydrogens (tertiary/aromatic N) is 2. The summed E-state index contributed by atoms with van der Waals surface area (Å²) >= 11 is 0. The van der Waals surface area contributed by atoms with Gasteiger partial charge in [0.25, 0.3) is 0 Å². The van der Waals surface area contributed by atoms with Gasteiger partial charge in [0, 0.05) is 36.8 Å². The summed E-state index contributed by atoms with van der Waals surface area (Å²) in [5.41, 5.74) is 2.51. The Bertz CT molecular complexity index is 386. The maximum atomic E-state index is 9.25. The summed E-state index contributed by atoms with van der Waals surface area (Å²) < 4.78 is 1.88. The van der Waals surface area contributed by atoms with Crippen LogP contribution in [0.4, 0.5) is 0 Å². The van der Waals surface area contributed by atoms with E-state index in [1.807, 2.05) is 11.7 Å². The normalized spacial score (nSPS) is 24.8. The minimum absolute atomic E-state index is 0.0808. The Morgan fingerprint density at radius 1 is 1.47 bits per heavy atom. The predicted octanol–water partition coefficient (Wildman–Crippen LogP) is 1.33. The van der Waals surface area contributed by atoms with Crippen LogP contribution in [0.15, 0.2) is 6.20 Å². The molecule has 1 aliphatic carbocycles. The van der Waals surface area contributed by atoms with Crippen LogP contribution in [0.1, 0.15) is 44.9 Å². The van der Waals surface area contributed by atoms with Crippen molar-refractivity contribution in [2.45, 2.75) is 57.7 Å². The molecule has 96 valence electrons. The van der Waals surface area contributed by atoms with E-state index in [9.17, 15) is 5.11 Å². The SMILES string of the molecule is Cn1cc(CNC2CC(O)C2)c(C(C)(C)C)n1. The van der Waals surface area contributed by atoms with Crippen LogP contribution in [0.25, 0.3) is 0 Å². The maximum Gasteiger partial charge on any atom is 0.0722 e. The molecule has 0 atom stereocenters. The van der Waals surface area contributed by atoms with Crippen molar-refractivity contribution in [1.29, 1.82) is 0 Å². The van der Waals surface area contributed by atoms with Crippen molar-refractivity contribution < 1.29 is 5.11 Å². The van der Waals surface area contributed by atoms with Gasteiger partial charge in [-0.2, -0.15) is 5.10 Å². The van der Waals surface area contributed by atoms with Crippen molar-refractivity contribution in [3.05, 3.63) is 17.5 Å². The number of hydrogen-bond donors (Lipinski definition) is 2. The largest absolute Gasteiger partial charge is 0.393 e. The van der Waals surface area contributed by atoms with Gasteiger partial charge in [0.15, 0.2) is 0 Å². The van der Waals surface area contributed by atoms with E-state index < -0.39 is 0 Å². The molecule has 2 rings (SSSR count). The fraction of sp³-hybridized carbons (Fsp3) is 0.769. The van der Waals surface area contributed by atoms with Gasteiger partial charge in [-0.05, 0) is 12.8 Å². The second-order valence-electron chi connectivity index (χ2n) is 6.13. The fourth-order valence-corrected chi connectivity index (χ4v) is 2.31. The van der Waals surface area contributed by atoms with Crippen molar-refractivity contribution in [3.8, 4) is 0 Å². The van der Waals surface area contributed by atoms with E-state index in [4.69, 9.17) is 0 Å². The first-order valence-corrected chi connectivity index (χ1v) is 6.30. The number of aryl methyl sites for hydroxylation is 1. The molecule has 2 N–H and O–H groups in total. The summed E-state index contributed by atoms with van der Waals surface area (Å²) in [4.78, 5) is 0. The highest BCUT2D eigenvalue weighted by Crippen LogP contribution is 2.25. The van der Waals surface area contributed by atoms with Gasteiger partial charge in [0.2, 0.25) is 0 Å². The average molecular weight is 237 g/mol. The number of hydrogen-bond acceptors (Lipinski definition) is 3. The van der Waals surface area contributed by atoms with Crippen molar-refractivity contribution in [2.24, 2.45) is 7.05 Å². The lowest BCUT2D eigenvalue weighted by Crippen LogP contribution is -2.43. The third-order valence-corrected chi connectivity index (χ3v) is 3.31. The van der Waals surface area contributed by atoms with Gasteiger partial charge in [0.1, 0.15) is 0 Å². The Labute approximate surface area is 103 Å². The third-order valence-electron chi connectivity index (χ3n) is 3.31. The van der Waals surface area contributed by atoms with E-state index in [0.717, 1.165) is 25.1 Å². The highest BCUT2D eigenvalue weighted by Gasteiger charge is 2.27. The van der Waals surface area contributed by atoms with Crippen LogP contribution in [0, 0.1) is 0 Å². The van der Waals surface area contributed by atoms with Gasteiger partial charge in [0.05, 0.1) is 11.8 Å². The smallest absolute Gasteiger partial charge is 0.0722 e. The zero-order valence-corrected chi connectivity index (χ0v) is 11.2. The first-order chi connectivity index (χ1) is 7.86. The summed E-state index contributed by atoms with van der Waals surface area (Å²) in [5.74, 6) is 0. The lowest BCUT2D eigenvalue weighted by molar-refractivity contribution is 0.0619. The lowest BCUT2D eigenvalue weighted by Gasteiger charge is -2.32. The highest BCUT2D eigenvalue weighted by atomic mass is 16.3. The van der Waals surface area contributed by atoms with Crippen LogP contribution >= 0.6 is 0 Å². The molecule has 0 bridgehead atoms. The second-order valence-corrected chi connectivity index (χ2v) is 6.13. The Morgan fingerprint density at radius 3 is 2.65 bits per heavy atom. The van der Waals surface area contributed by atoms with E-state index in [1.165, 1.54) is 5.56 Å². The van der Waals surface area contributed by atoms with E-state index in [1.54, 1.807) is 0 Å². The molecule has 17 heavy (non-hydrogen) atoms. The summed E-state index contributed by atoms with van der Waals surface area (Å²) in [6.45, 7) is 7.40. The maximum absolute atomic E-state index is 9.25. The lowest BCUT2D eigenvalue weighted by atomic mass is 9.88. The summed E-state index contributed by atoms with van der Waals surface area (Å²) in [7, 11) is 1.96. The molecule has 1 saturated carbocycles. The van der Waals surface area contributed by atoms with E-state index in [2.05, 4.69) is 37.4 Å². The molecule has 0 aliphatic heterocycles. The Kier molecular flexibility index (Phi) is 3.27. The summed E-state index contributed by atoms with van der Waals surface area (Å²) in [6.07, 6.45) is 3.75. The molecule has 1 aliphatic rings. The van der Waals surface area contributed by atoms with E-state index in [0.29, 0.717) is 6.04 Å². The molecule has 0 amide bonds. The molecule has 0 spiro atoms. The molecule has 1 fully saturated rings. The molecular formula is C13H23N3O. The minimum atomic E-state index is -0.0940. The number of aliphatic hydroxyl groups excluding tert-OH is 1. The monoisotopic (exact) mass is 237 g/mol. The molecular weight excluding hydrogens is 214 g/mol. The first kappa shape index (κ1) is 12.6. The van der Waals surface area contributed by atoms with Crippen LogP contribution in [-0.4, -0.2) is 27.0 Å². The molecule has 1 aromatic rings. The molecule has 0 saturated heterocycles. The second kappa shape index (κ2) is 4.42. The first-order valence-electron chi connectivity index (χ1n) is 6.30. The minimum Gasteiger partial charge on any atom is -0.393 e. The zero-order valence-electron chi connectivity index (χ0n) is 11.2. The van der Waals surface area contributed by atoms with Gasteiger partial charge in [-0.25, -0.2) is 0 Å². The molecule has 4 heteroatoms. The van der Waals surface area contributed by atoms with Crippen LogP contribution in [0.2, 0.25) is 0 Å². The number of aliphatic hydroxyl groups is 1. The van der Waals surface area contributed by atoms with Crippen LogP contribution in [-0.2, 0) is 19.0 Å². The zero-order chi connectivity index (χ0) is 12.6. The highest BCUT2D eigenvalue weighted by molar-refractivity contribution is 5.24. The predicted molar refractivity (Wildman–Crippen MR) is 67.8 cm³/mol. The average Bonchev–Trinajstić information content (AvgIpc) is 2.52. The third kappa shape index (κ3) is 2.87. The Morgan fingerprint density at radius 2 is 2.12 bits per heavy atom. The molecule has 1 aromatic heterocycles. The summed E-state index contributed by atoms with van der Waals surface area (Å²) in [5, 5.41) is 17.3. The molecule has 0 aromatic carbocycles. The van der Waals surface area contributed by atoms with Crippen molar-refractivity contribution >= 4 is 0 Å². The quantitative estimate of drug-likeness (QED) is 0.834. The Balaban J connectivity index is 2.00. The van der Waals surface area contributed by atoms with Crippen LogP contribution in [0.3, 0.4) is 0 Å². The van der Waals surface area contributed by atoms with Gasteiger partial charge in [-0.1, -0.05) is 20.8 Å². The molecule has 0 radical (unpaired) electrons. The van der Waals surface area contributed by atoms with Gasteiger partial charge in [-0.3, -0.25) is 4.68 Å². The number of rotatable bonds is 3. The van der Waals surface area contributed by atoms with Crippen LogP contribution in [0.5, 0.6) is 0 Å². The van der Waals surface area contributed by atoms with Gasteiger partial charge >= 0.3 is 0 Å². The van der Waals surface area contributed by atoms with Gasteiger partial charge in [-0.15, -0.1) is 0 Å². The van der Waals surface area contributed by atoms with Crippen molar-refractivity contribution in [2.75, 3.05) is 0 Å². The standard InChI is InChI=1S/C13H23N3O/c1-13(2,3)12-9(8-16(4)15-12)7-14-10-5-11(17)6-10/h8,10-11,14,17H,5-7H2,1-4H3. The number of nitrogens with one attached hydrogen (secondary N) is 1. The summed E-state index contributed by atoms with van der Waals surface area (Å²) in [6, 6.07) is 0.470. The fourth-order valence-electron chi connectivity index (χ4n) is 2.31. The van der Waals surface area contributed by atoms with Crippen molar-refractivity contribution in [1.82, 2.24) is 15.1 Å². The van der Waals surface area contributed by atoms with E-state index >= 15 is 0 Å². The molecule has 1 heterocycles. The molecule has 0 unspecified atom stereocenters. The Hall–Kier alpha value is -0.870. The van der Waals surface area contributed by atoms with E-state index in [-0.39, 0.29) is 11.5 Å². The number of aromatic nitrogens is 2.